The number of ether oxygens (including phenoxy) is 1. The molecule has 2 aromatic carbocycles. The van der Waals surface area contributed by atoms with Crippen molar-refractivity contribution in [2.24, 2.45) is 0 Å². The van der Waals surface area contributed by atoms with Gasteiger partial charge in [-0.3, -0.25) is 4.40 Å². The van der Waals surface area contributed by atoms with Gasteiger partial charge in [0.25, 0.3) is 0 Å². The Morgan fingerprint density at radius 1 is 1.11 bits per heavy atom. The number of anilines is 1. The van der Waals surface area contributed by atoms with Crippen LogP contribution in [0.5, 0.6) is 17.2 Å². The molecule has 1 saturated carbocycles. The van der Waals surface area contributed by atoms with Gasteiger partial charge in [0.05, 0.1) is 0 Å². The molecule has 2 aromatic heterocycles. The molecule has 0 bridgehead atoms. The van der Waals surface area contributed by atoms with Gasteiger partial charge < -0.3 is 15.6 Å². The molecule has 1 fully saturated rings. The molecular weight excluding hydrogens is 352 g/mol. The number of nitrogens with zero attached hydrogens (tertiary/aromatic N) is 3. The molecular formula is C22H20N4O2. The van der Waals surface area contributed by atoms with Crippen LogP contribution in [0.2, 0.25) is 0 Å². The van der Waals surface area contributed by atoms with Crippen molar-refractivity contribution in [1.29, 1.82) is 0 Å². The van der Waals surface area contributed by atoms with Crippen molar-refractivity contribution in [3.05, 3.63) is 66.7 Å². The van der Waals surface area contributed by atoms with Crippen molar-refractivity contribution in [3.63, 3.8) is 0 Å². The molecule has 6 nitrogen and oxygen atoms in total. The lowest BCUT2D eigenvalue weighted by molar-refractivity contribution is 0.400. The van der Waals surface area contributed by atoms with Gasteiger partial charge in [-0.2, -0.15) is 0 Å². The van der Waals surface area contributed by atoms with E-state index in [0.717, 1.165) is 35.4 Å². The molecule has 3 N–H and O–H groups in total. The first-order valence-electron chi connectivity index (χ1n) is 9.39. The second-order valence-corrected chi connectivity index (χ2v) is 7.08. The number of nitrogens with two attached hydrogens (primary N) is 1. The van der Waals surface area contributed by atoms with Crippen LogP contribution in [-0.4, -0.2) is 19.5 Å². The first kappa shape index (κ1) is 16.6. The highest BCUT2D eigenvalue weighted by Gasteiger charge is 2.27. The van der Waals surface area contributed by atoms with Gasteiger partial charge in [0.2, 0.25) is 0 Å². The van der Waals surface area contributed by atoms with Crippen molar-refractivity contribution >= 4 is 11.3 Å². The van der Waals surface area contributed by atoms with E-state index >= 15 is 0 Å². The van der Waals surface area contributed by atoms with E-state index < -0.39 is 0 Å². The van der Waals surface area contributed by atoms with Gasteiger partial charge in [-0.05, 0) is 43.2 Å². The zero-order valence-corrected chi connectivity index (χ0v) is 15.2. The molecule has 28 heavy (non-hydrogen) atoms. The summed E-state index contributed by atoms with van der Waals surface area (Å²) in [5.41, 5.74) is 8.58. The molecule has 0 radical (unpaired) electrons. The van der Waals surface area contributed by atoms with Gasteiger partial charge in [0, 0.05) is 23.9 Å². The maximum absolute atomic E-state index is 10.3. The third-order valence-corrected chi connectivity index (χ3v) is 5.28. The number of benzene rings is 2. The van der Waals surface area contributed by atoms with Crippen molar-refractivity contribution in [1.82, 2.24) is 14.4 Å². The quantitative estimate of drug-likeness (QED) is 0.540. The summed E-state index contributed by atoms with van der Waals surface area (Å²) in [6.45, 7) is 0. The molecule has 0 saturated heterocycles. The van der Waals surface area contributed by atoms with Crippen molar-refractivity contribution < 1.29 is 9.84 Å². The average Bonchev–Trinajstić information content (AvgIpc) is 3.04. The Morgan fingerprint density at radius 2 is 1.93 bits per heavy atom. The molecule has 0 unspecified atom stereocenters. The Kier molecular flexibility index (Phi) is 3.90. The summed E-state index contributed by atoms with van der Waals surface area (Å²) in [7, 11) is 0. The van der Waals surface area contributed by atoms with E-state index in [1.165, 1.54) is 6.42 Å². The third kappa shape index (κ3) is 2.74. The maximum atomic E-state index is 10.3. The zero-order chi connectivity index (χ0) is 19.1. The standard InChI is InChI=1S/C22H20N4O2/c23-21-20-19(25-22(14-5-4-6-14)26(20)12-11-24-21)15-9-10-17(27)18(13-15)28-16-7-2-1-3-8-16/h1-3,7-14,27H,4-6H2,(H2,23,24). The molecule has 1 aliphatic carbocycles. The molecule has 1 aliphatic rings. The topological polar surface area (TPSA) is 85.7 Å². The summed E-state index contributed by atoms with van der Waals surface area (Å²) in [6, 6.07) is 14.6. The molecule has 2 heterocycles. The van der Waals surface area contributed by atoms with Gasteiger partial charge in [-0.15, -0.1) is 0 Å². The second kappa shape index (κ2) is 6.56. The van der Waals surface area contributed by atoms with Crippen LogP contribution >= 0.6 is 0 Å². The van der Waals surface area contributed by atoms with Crippen LogP contribution < -0.4 is 10.5 Å². The third-order valence-electron chi connectivity index (χ3n) is 5.28. The number of para-hydroxylation sites is 1. The predicted molar refractivity (Wildman–Crippen MR) is 108 cm³/mol. The highest BCUT2D eigenvalue weighted by Crippen LogP contribution is 2.41. The minimum atomic E-state index is 0.0708. The predicted octanol–water partition coefficient (Wildman–Crippen LogP) is 4.74. The van der Waals surface area contributed by atoms with Crippen molar-refractivity contribution in [3.8, 4) is 28.5 Å². The Hall–Kier alpha value is -3.54. The lowest BCUT2D eigenvalue weighted by Crippen LogP contribution is -2.12. The number of phenols is 1. The summed E-state index contributed by atoms with van der Waals surface area (Å²) in [6.07, 6.45) is 7.12. The van der Waals surface area contributed by atoms with E-state index in [4.69, 9.17) is 15.5 Å². The number of fused-ring (bicyclic) bond motifs is 1. The minimum absolute atomic E-state index is 0.0708. The molecule has 0 spiro atoms. The molecule has 140 valence electrons. The van der Waals surface area contributed by atoms with Crippen molar-refractivity contribution in [2.75, 3.05) is 5.73 Å². The Labute approximate surface area is 162 Å². The summed E-state index contributed by atoms with van der Waals surface area (Å²) in [5, 5.41) is 10.3. The average molecular weight is 372 g/mol. The fourth-order valence-corrected chi connectivity index (χ4v) is 3.60. The number of aromatic nitrogens is 3. The molecule has 5 rings (SSSR count). The molecule has 4 aromatic rings. The normalized spacial score (nSPS) is 14.1. The van der Waals surface area contributed by atoms with E-state index in [0.29, 0.717) is 23.2 Å². The number of imidazole rings is 1. The Bertz CT molecular complexity index is 1150. The number of phenolic OH excluding ortho intramolecular Hbond substituents is 1. The second-order valence-electron chi connectivity index (χ2n) is 7.08. The molecule has 0 aliphatic heterocycles. The molecule has 0 atom stereocenters. The van der Waals surface area contributed by atoms with E-state index in [1.54, 1.807) is 18.3 Å². The van der Waals surface area contributed by atoms with Crippen LogP contribution in [0.25, 0.3) is 16.8 Å². The lowest BCUT2D eigenvalue weighted by atomic mass is 9.85. The van der Waals surface area contributed by atoms with Gasteiger partial charge in [0.15, 0.2) is 11.5 Å². The van der Waals surface area contributed by atoms with Gasteiger partial charge in [0.1, 0.15) is 28.6 Å². The maximum Gasteiger partial charge on any atom is 0.169 e. The first-order chi connectivity index (χ1) is 13.7. The van der Waals surface area contributed by atoms with Gasteiger partial charge in [-0.1, -0.05) is 24.6 Å². The SMILES string of the molecule is Nc1nccn2c(C3CCC3)nc(-c3ccc(O)c(Oc4ccccc4)c3)c12. The van der Waals surface area contributed by atoms with Gasteiger partial charge in [-0.25, -0.2) is 9.97 Å². The summed E-state index contributed by atoms with van der Waals surface area (Å²) in [5.74, 6) is 3.00. The summed E-state index contributed by atoms with van der Waals surface area (Å²) in [4.78, 5) is 9.18. The molecule has 6 heteroatoms. The largest absolute Gasteiger partial charge is 0.504 e. The number of rotatable bonds is 4. The Balaban J connectivity index is 1.63. The van der Waals surface area contributed by atoms with Crippen LogP contribution in [0, 0.1) is 0 Å². The monoisotopic (exact) mass is 372 g/mol. The highest BCUT2D eigenvalue weighted by atomic mass is 16.5. The van der Waals surface area contributed by atoms with E-state index in [-0.39, 0.29) is 5.75 Å². The number of hydrogen-bond donors (Lipinski definition) is 2. The van der Waals surface area contributed by atoms with Crippen LogP contribution in [0.15, 0.2) is 60.9 Å². The number of nitrogen functional groups attached to an aromatic ring is 1. The molecule has 0 amide bonds. The van der Waals surface area contributed by atoms with E-state index in [1.807, 2.05) is 47.0 Å². The van der Waals surface area contributed by atoms with Crippen LogP contribution in [0.3, 0.4) is 0 Å². The highest BCUT2D eigenvalue weighted by molar-refractivity contribution is 5.86. The smallest absolute Gasteiger partial charge is 0.169 e. The lowest BCUT2D eigenvalue weighted by Gasteiger charge is -2.23. The summed E-state index contributed by atoms with van der Waals surface area (Å²) < 4.78 is 7.92. The fourth-order valence-electron chi connectivity index (χ4n) is 3.60. The van der Waals surface area contributed by atoms with Gasteiger partial charge >= 0.3 is 0 Å². The van der Waals surface area contributed by atoms with E-state index in [9.17, 15) is 5.11 Å². The fraction of sp³-hybridized carbons (Fsp3) is 0.182. The first-order valence-corrected chi connectivity index (χ1v) is 9.39. The van der Waals surface area contributed by atoms with Crippen molar-refractivity contribution in [2.45, 2.75) is 25.2 Å². The number of hydrogen-bond acceptors (Lipinski definition) is 5. The van der Waals surface area contributed by atoms with Crippen LogP contribution in [0.1, 0.15) is 31.0 Å². The van der Waals surface area contributed by atoms with Crippen LogP contribution in [-0.2, 0) is 0 Å². The van der Waals surface area contributed by atoms with E-state index in [2.05, 4.69) is 4.98 Å². The summed E-state index contributed by atoms with van der Waals surface area (Å²) >= 11 is 0. The minimum Gasteiger partial charge on any atom is -0.504 e. The Morgan fingerprint density at radius 3 is 2.68 bits per heavy atom. The van der Waals surface area contributed by atoms with Crippen LogP contribution in [0.4, 0.5) is 5.82 Å². The zero-order valence-electron chi connectivity index (χ0n) is 15.2. The number of aromatic hydroxyl groups is 1.